The van der Waals surface area contributed by atoms with Crippen LogP contribution in [0.5, 0.6) is 0 Å². The van der Waals surface area contributed by atoms with Crippen molar-refractivity contribution in [1.29, 1.82) is 0 Å². The van der Waals surface area contributed by atoms with E-state index in [0.717, 1.165) is 22.0 Å². The van der Waals surface area contributed by atoms with Crippen LogP contribution in [0.2, 0.25) is 0 Å². The summed E-state index contributed by atoms with van der Waals surface area (Å²) in [6.45, 7) is 8.17. The van der Waals surface area contributed by atoms with Gasteiger partial charge in [-0.1, -0.05) is 47.5 Å². The van der Waals surface area contributed by atoms with Crippen molar-refractivity contribution in [2.24, 2.45) is 0 Å². The van der Waals surface area contributed by atoms with Crippen LogP contribution in [0.25, 0.3) is 0 Å². The van der Waals surface area contributed by atoms with Crippen LogP contribution in [0, 0.1) is 27.7 Å². The molecule has 19 heavy (non-hydrogen) atoms. The molecule has 0 aliphatic carbocycles. The van der Waals surface area contributed by atoms with Crippen LogP contribution in [0.15, 0.2) is 36.4 Å². The predicted octanol–water partition coefficient (Wildman–Crippen LogP) is 4.06. The van der Waals surface area contributed by atoms with Crippen LogP contribution in [-0.2, 0) is 0 Å². The zero-order valence-corrected chi connectivity index (χ0v) is 12.9. The van der Waals surface area contributed by atoms with E-state index >= 15 is 0 Å². The summed E-state index contributed by atoms with van der Waals surface area (Å²) in [5, 5.41) is 1.11. The first-order valence-corrected chi connectivity index (χ1v) is 7.43. The zero-order valence-electron chi connectivity index (χ0n) is 11.9. The topological polar surface area (TPSA) is 17.1 Å². The lowest BCUT2D eigenvalue weighted by Gasteiger charge is -2.10. The molecule has 0 N–H and O–H groups in total. The van der Waals surface area contributed by atoms with Crippen LogP contribution in [0.1, 0.15) is 32.6 Å². The van der Waals surface area contributed by atoms with Crippen molar-refractivity contribution in [1.82, 2.24) is 0 Å². The van der Waals surface area contributed by atoms with Gasteiger partial charge in [-0.05, 0) is 52.7 Å². The average Bonchev–Trinajstić information content (AvgIpc) is 2.30. The molecule has 0 radical (unpaired) electrons. The van der Waals surface area contributed by atoms with E-state index in [2.05, 4.69) is 38.1 Å². The van der Waals surface area contributed by atoms with Gasteiger partial charge < -0.3 is 0 Å². The molecule has 0 spiro atoms. The quantitative estimate of drug-likeness (QED) is 0.768. The molecule has 2 aromatic carbocycles. The average molecular weight is 270 g/mol. The number of aryl methyl sites for hydroxylation is 4. The first-order valence-electron chi connectivity index (χ1n) is 6.43. The Balaban J connectivity index is 2.28. The lowest BCUT2D eigenvalue weighted by molar-refractivity contribution is 0.108. The van der Waals surface area contributed by atoms with Crippen molar-refractivity contribution in [3.8, 4) is 0 Å². The van der Waals surface area contributed by atoms with Gasteiger partial charge in [0.2, 0.25) is 0 Å². The number of hydrogen-bond acceptors (Lipinski definition) is 1. The van der Waals surface area contributed by atoms with Crippen molar-refractivity contribution >= 4 is 19.4 Å². The number of carbonyl (C=O) groups is 1. The highest BCUT2D eigenvalue weighted by atomic mass is 31.1. The minimum absolute atomic E-state index is 0.203. The second-order valence-electron chi connectivity index (χ2n) is 5.09. The Bertz CT molecular complexity index is 589. The second kappa shape index (κ2) is 5.67. The monoisotopic (exact) mass is 270 g/mol. The smallest absolute Gasteiger partial charge is 0.186 e. The molecule has 0 heterocycles. The fourth-order valence-corrected chi connectivity index (χ4v) is 3.48. The summed E-state index contributed by atoms with van der Waals surface area (Å²) in [6.07, 6.45) is 0. The van der Waals surface area contributed by atoms with E-state index in [4.69, 9.17) is 0 Å². The molecule has 0 aromatic heterocycles. The maximum atomic E-state index is 12.5. The van der Waals surface area contributed by atoms with Gasteiger partial charge in [-0.25, -0.2) is 0 Å². The van der Waals surface area contributed by atoms with E-state index in [1.165, 1.54) is 11.1 Å². The number of rotatable bonds is 3. The standard InChI is InChI=1S/C17H19OP/c1-11-5-7-15(8-6-11)19-17(18)16-13(3)9-12(2)10-14(16)4/h5-10,19H,1-4H3. The molecular weight excluding hydrogens is 251 g/mol. The maximum absolute atomic E-state index is 12.5. The molecule has 0 amide bonds. The highest BCUT2D eigenvalue weighted by Crippen LogP contribution is 2.25. The van der Waals surface area contributed by atoms with Gasteiger partial charge >= 0.3 is 0 Å². The minimum Gasteiger partial charge on any atom is -0.289 e. The van der Waals surface area contributed by atoms with Crippen molar-refractivity contribution in [3.63, 3.8) is 0 Å². The van der Waals surface area contributed by atoms with Crippen molar-refractivity contribution < 1.29 is 4.79 Å². The largest absolute Gasteiger partial charge is 0.289 e. The van der Waals surface area contributed by atoms with Crippen LogP contribution >= 0.6 is 8.58 Å². The van der Waals surface area contributed by atoms with Gasteiger partial charge in [-0.2, -0.15) is 0 Å². The third kappa shape index (κ3) is 3.30. The van der Waals surface area contributed by atoms with E-state index < -0.39 is 0 Å². The first kappa shape index (κ1) is 14.0. The van der Waals surface area contributed by atoms with Gasteiger partial charge in [-0.15, -0.1) is 0 Å². The summed E-state index contributed by atoms with van der Waals surface area (Å²) in [4.78, 5) is 12.5. The Morgan fingerprint density at radius 3 is 1.89 bits per heavy atom. The summed E-state index contributed by atoms with van der Waals surface area (Å²) in [6, 6.07) is 12.4. The Kier molecular flexibility index (Phi) is 4.17. The van der Waals surface area contributed by atoms with Gasteiger partial charge in [0.1, 0.15) is 0 Å². The highest BCUT2D eigenvalue weighted by molar-refractivity contribution is 7.66. The van der Waals surface area contributed by atoms with Gasteiger partial charge in [-0.3, -0.25) is 4.79 Å². The second-order valence-corrected chi connectivity index (χ2v) is 6.38. The van der Waals surface area contributed by atoms with Gasteiger partial charge in [0.15, 0.2) is 5.52 Å². The fourth-order valence-electron chi connectivity index (χ4n) is 2.37. The molecule has 0 fully saturated rings. The number of hydrogen-bond donors (Lipinski definition) is 0. The van der Waals surface area contributed by atoms with Gasteiger partial charge in [0, 0.05) is 5.56 Å². The summed E-state index contributed by atoms with van der Waals surface area (Å²) in [5.74, 6) is 0. The molecule has 2 heteroatoms. The molecule has 0 aliphatic heterocycles. The third-order valence-electron chi connectivity index (χ3n) is 3.21. The Morgan fingerprint density at radius 1 is 0.842 bits per heavy atom. The Morgan fingerprint density at radius 2 is 1.37 bits per heavy atom. The van der Waals surface area contributed by atoms with Crippen molar-refractivity contribution in [2.75, 3.05) is 0 Å². The lowest BCUT2D eigenvalue weighted by Crippen LogP contribution is -2.05. The molecule has 0 bridgehead atoms. The van der Waals surface area contributed by atoms with E-state index in [0.29, 0.717) is 0 Å². The van der Waals surface area contributed by atoms with Crippen molar-refractivity contribution in [2.45, 2.75) is 27.7 Å². The molecule has 2 rings (SSSR count). The van der Waals surface area contributed by atoms with Crippen molar-refractivity contribution in [3.05, 3.63) is 64.2 Å². The molecule has 0 aliphatic rings. The molecule has 98 valence electrons. The van der Waals surface area contributed by atoms with E-state index in [1.54, 1.807) is 0 Å². The zero-order chi connectivity index (χ0) is 14.0. The van der Waals surface area contributed by atoms with Gasteiger partial charge in [0.25, 0.3) is 0 Å². The normalized spacial score (nSPS) is 11.2. The third-order valence-corrected chi connectivity index (χ3v) is 4.31. The molecule has 1 nitrogen and oxygen atoms in total. The number of carbonyl (C=O) groups excluding carboxylic acids is 1. The summed E-state index contributed by atoms with van der Waals surface area (Å²) in [7, 11) is 0.203. The minimum atomic E-state index is 0.203. The molecule has 1 unspecified atom stereocenters. The first-order chi connectivity index (χ1) is 8.97. The van der Waals surface area contributed by atoms with Crippen LogP contribution in [0.3, 0.4) is 0 Å². The molecule has 2 aromatic rings. The lowest BCUT2D eigenvalue weighted by atomic mass is 10.0. The highest BCUT2D eigenvalue weighted by Gasteiger charge is 2.13. The van der Waals surface area contributed by atoms with Gasteiger partial charge in [0.05, 0.1) is 0 Å². The summed E-state index contributed by atoms with van der Waals surface area (Å²) in [5.41, 5.74) is 5.74. The SMILES string of the molecule is Cc1ccc(PC(=O)c2c(C)cc(C)cc2C)cc1. The Hall–Kier alpha value is -1.46. The van der Waals surface area contributed by atoms with E-state index in [9.17, 15) is 4.79 Å². The summed E-state index contributed by atoms with van der Waals surface area (Å²) < 4.78 is 0. The van der Waals surface area contributed by atoms with Crippen LogP contribution in [0.4, 0.5) is 0 Å². The number of benzene rings is 2. The molecule has 0 saturated carbocycles. The van der Waals surface area contributed by atoms with E-state index in [1.807, 2.05) is 26.0 Å². The molecular formula is C17H19OP. The Labute approximate surface area is 116 Å². The predicted molar refractivity (Wildman–Crippen MR) is 84.1 cm³/mol. The maximum Gasteiger partial charge on any atom is 0.186 e. The summed E-state index contributed by atoms with van der Waals surface area (Å²) >= 11 is 0. The van der Waals surface area contributed by atoms with Crippen LogP contribution < -0.4 is 5.30 Å². The molecule has 0 saturated heterocycles. The molecule has 1 atom stereocenters. The fraction of sp³-hybridized carbons (Fsp3) is 0.235. The van der Waals surface area contributed by atoms with E-state index in [-0.39, 0.29) is 14.1 Å². The van der Waals surface area contributed by atoms with Crippen LogP contribution in [-0.4, -0.2) is 5.52 Å².